The molecule has 0 bridgehead atoms. The summed E-state index contributed by atoms with van der Waals surface area (Å²) in [6.45, 7) is 5.68. The molecule has 0 saturated carbocycles. The van der Waals surface area contributed by atoms with Crippen LogP contribution in [0.25, 0.3) is 0 Å². The lowest BCUT2D eigenvalue weighted by Gasteiger charge is -2.16. The zero-order valence-electron chi connectivity index (χ0n) is 10.2. The SMILES string of the molecule is CCCC=C=C(CO)P(=O)(OCC)OCC. The fraction of sp³-hybridized carbons (Fsp3) is 0.727. The topological polar surface area (TPSA) is 55.8 Å². The second kappa shape index (κ2) is 8.74. The van der Waals surface area contributed by atoms with Crippen molar-refractivity contribution >= 4 is 7.60 Å². The van der Waals surface area contributed by atoms with Crippen molar-refractivity contribution in [2.24, 2.45) is 0 Å². The van der Waals surface area contributed by atoms with Crippen LogP contribution in [0.4, 0.5) is 0 Å². The maximum atomic E-state index is 12.2. The van der Waals surface area contributed by atoms with Crippen LogP contribution in [0.5, 0.6) is 0 Å². The van der Waals surface area contributed by atoms with E-state index in [-0.39, 0.29) is 25.1 Å². The summed E-state index contributed by atoms with van der Waals surface area (Å²) in [6, 6.07) is 0. The van der Waals surface area contributed by atoms with Gasteiger partial charge in [0.1, 0.15) is 5.31 Å². The van der Waals surface area contributed by atoms with Gasteiger partial charge in [0.25, 0.3) is 0 Å². The van der Waals surface area contributed by atoms with Crippen LogP contribution >= 0.6 is 7.60 Å². The summed E-state index contributed by atoms with van der Waals surface area (Å²) in [4.78, 5) is 0. The third kappa shape index (κ3) is 5.11. The quantitative estimate of drug-likeness (QED) is 0.529. The molecule has 0 atom stereocenters. The van der Waals surface area contributed by atoms with E-state index < -0.39 is 7.60 Å². The molecule has 0 aliphatic heterocycles. The smallest absolute Gasteiger partial charge is 0.367 e. The summed E-state index contributed by atoms with van der Waals surface area (Å²) in [5.41, 5.74) is 2.81. The minimum atomic E-state index is -3.35. The summed E-state index contributed by atoms with van der Waals surface area (Å²) >= 11 is 0. The van der Waals surface area contributed by atoms with Gasteiger partial charge in [-0.15, -0.1) is 5.73 Å². The molecule has 16 heavy (non-hydrogen) atoms. The standard InChI is InChI=1S/C11H21O4P/c1-4-7-8-9-11(10-12)16(13,14-5-2)15-6-3/h8,12H,4-7,10H2,1-3H3. The Labute approximate surface area is 97.5 Å². The van der Waals surface area contributed by atoms with Crippen LogP contribution in [0.2, 0.25) is 0 Å². The molecule has 0 fully saturated rings. The molecule has 1 N–H and O–H groups in total. The second-order valence-electron chi connectivity index (χ2n) is 3.07. The molecule has 0 aromatic heterocycles. The van der Waals surface area contributed by atoms with Gasteiger partial charge in [-0.05, 0) is 26.3 Å². The Hall–Kier alpha value is -0.370. The highest BCUT2D eigenvalue weighted by molar-refractivity contribution is 7.58. The molecule has 0 aliphatic rings. The van der Waals surface area contributed by atoms with E-state index in [2.05, 4.69) is 5.73 Å². The molecule has 0 aromatic rings. The summed E-state index contributed by atoms with van der Waals surface area (Å²) in [6.07, 6.45) is 3.54. The Bertz CT molecular complexity index is 282. The van der Waals surface area contributed by atoms with Gasteiger partial charge in [0.15, 0.2) is 0 Å². The first-order chi connectivity index (χ1) is 7.64. The van der Waals surface area contributed by atoms with Crippen molar-refractivity contribution in [3.05, 3.63) is 17.1 Å². The number of unbranched alkanes of at least 4 members (excludes halogenated alkanes) is 1. The van der Waals surface area contributed by atoms with Crippen LogP contribution in [0.1, 0.15) is 33.6 Å². The highest BCUT2D eigenvalue weighted by atomic mass is 31.2. The Kier molecular flexibility index (Phi) is 8.54. The van der Waals surface area contributed by atoms with Crippen LogP contribution in [0.15, 0.2) is 17.1 Å². The van der Waals surface area contributed by atoms with Gasteiger partial charge in [0, 0.05) is 0 Å². The first-order valence-electron chi connectivity index (χ1n) is 5.59. The Balaban J connectivity index is 4.98. The lowest BCUT2D eigenvalue weighted by molar-refractivity contribution is 0.220. The third-order valence-corrected chi connectivity index (χ3v) is 3.91. The predicted octanol–water partition coefficient (Wildman–Crippen LogP) is 3.08. The van der Waals surface area contributed by atoms with Gasteiger partial charge in [-0.3, -0.25) is 4.57 Å². The van der Waals surface area contributed by atoms with E-state index in [0.717, 1.165) is 12.8 Å². The fourth-order valence-electron chi connectivity index (χ4n) is 1.08. The summed E-state index contributed by atoms with van der Waals surface area (Å²) in [5.74, 6) is 0. The zero-order valence-corrected chi connectivity index (χ0v) is 11.1. The largest absolute Gasteiger partial charge is 0.391 e. The number of aliphatic hydroxyl groups excluding tert-OH is 1. The van der Waals surface area contributed by atoms with Crippen molar-refractivity contribution in [3.8, 4) is 0 Å². The average Bonchev–Trinajstić information content (AvgIpc) is 2.25. The molecule has 0 aliphatic carbocycles. The molecule has 94 valence electrons. The highest BCUT2D eigenvalue weighted by Crippen LogP contribution is 2.55. The minimum absolute atomic E-state index is 0.199. The molecular weight excluding hydrogens is 227 g/mol. The highest BCUT2D eigenvalue weighted by Gasteiger charge is 2.28. The monoisotopic (exact) mass is 248 g/mol. The van der Waals surface area contributed by atoms with Crippen molar-refractivity contribution in [2.45, 2.75) is 33.6 Å². The molecular formula is C11H21O4P. The fourth-order valence-corrected chi connectivity index (χ4v) is 2.57. The minimum Gasteiger partial charge on any atom is -0.391 e. The van der Waals surface area contributed by atoms with E-state index in [1.165, 1.54) is 0 Å². The Morgan fingerprint density at radius 1 is 1.31 bits per heavy atom. The Morgan fingerprint density at radius 2 is 1.88 bits per heavy atom. The normalized spacial score (nSPS) is 11.0. The van der Waals surface area contributed by atoms with Gasteiger partial charge in [-0.2, -0.15) is 0 Å². The zero-order chi connectivity index (χ0) is 12.4. The van der Waals surface area contributed by atoms with Gasteiger partial charge in [0.05, 0.1) is 19.8 Å². The van der Waals surface area contributed by atoms with Gasteiger partial charge < -0.3 is 14.2 Å². The molecule has 0 unspecified atom stereocenters. The van der Waals surface area contributed by atoms with Crippen LogP contribution in [-0.2, 0) is 13.6 Å². The first kappa shape index (κ1) is 15.6. The number of hydrogen-bond donors (Lipinski definition) is 1. The molecule has 0 heterocycles. The van der Waals surface area contributed by atoms with Crippen LogP contribution in [-0.4, -0.2) is 24.9 Å². The summed E-state index contributed by atoms with van der Waals surface area (Å²) in [5, 5.41) is 9.36. The van der Waals surface area contributed by atoms with Crippen molar-refractivity contribution < 1.29 is 18.7 Å². The Morgan fingerprint density at radius 3 is 2.25 bits per heavy atom. The maximum Gasteiger partial charge on any atom is 0.367 e. The average molecular weight is 248 g/mol. The lowest BCUT2D eigenvalue weighted by Crippen LogP contribution is -2.01. The van der Waals surface area contributed by atoms with E-state index >= 15 is 0 Å². The van der Waals surface area contributed by atoms with Gasteiger partial charge >= 0.3 is 7.60 Å². The summed E-state index contributed by atoms with van der Waals surface area (Å²) < 4.78 is 22.4. The van der Waals surface area contributed by atoms with Gasteiger partial charge in [0.2, 0.25) is 0 Å². The first-order valence-corrected chi connectivity index (χ1v) is 7.13. The molecule has 0 saturated heterocycles. The van der Waals surface area contributed by atoms with E-state index in [1.54, 1.807) is 19.9 Å². The third-order valence-electron chi connectivity index (χ3n) is 1.78. The maximum absolute atomic E-state index is 12.2. The van der Waals surface area contributed by atoms with Crippen molar-refractivity contribution in [3.63, 3.8) is 0 Å². The lowest BCUT2D eigenvalue weighted by atomic mass is 10.3. The van der Waals surface area contributed by atoms with Crippen molar-refractivity contribution in [1.29, 1.82) is 0 Å². The molecule has 4 nitrogen and oxygen atoms in total. The molecule has 0 radical (unpaired) electrons. The van der Waals surface area contributed by atoms with Gasteiger partial charge in [-0.1, -0.05) is 13.3 Å². The van der Waals surface area contributed by atoms with E-state index in [9.17, 15) is 4.57 Å². The summed E-state index contributed by atoms with van der Waals surface area (Å²) in [7, 11) is -3.35. The second-order valence-corrected chi connectivity index (χ2v) is 5.13. The predicted molar refractivity (Wildman–Crippen MR) is 64.4 cm³/mol. The molecule has 5 heteroatoms. The molecule has 0 aromatic carbocycles. The van der Waals surface area contributed by atoms with Crippen molar-refractivity contribution in [2.75, 3.05) is 19.8 Å². The van der Waals surface area contributed by atoms with E-state index in [0.29, 0.717) is 0 Å². The van der Waals surface area contributed by atoms with E-state index in [1.807, 2.05) is 6.92 Å². The van der Waals surface area contributed by atoms with Gasteiger partial charge in [-0.25, -0.2) is 0 Å². The van der Waals surface area contributed by atoms with E-state index in [4.69, 9.17) is 14.2 Å². The van der Waals surface area contributed by atoms with Crippen LogP contribution in [0.3, 0.4) is 0 Å². The number of rotatable bonds is 8. The number of hydrogen-bond acceptors (Lipinski definition) is 4. The van der Waals surface area contributed by atoms with Crippen LogP contribution in [0, 0.1) is 0 Å². The number of aliphatic hydroxyl groups is 1. The van der Waals surface area contributed by atoms with Crippen LogP contribution < -0.4 is 0 Å². The molecule has 0 amide bonds. The molecule has 0 spiro atoms. The molecule has 0 rings (SSSR count). The van der Waals surface area contributed by atoms with Crippen molar-refractivity contribution in [1.82, 2.24) is 0 Å².